The number of rotatable bonds is 4. The minimum Gasteiger partial charge on any atom is -0.462 e. The van der Waals surface area contributed by atoms with Gasteiger partial charge in [0.2, 0.25) is 0 Å². The van der Waals surface area contributed by atoms with E-state index >= 15 is 0 Å². The van der Waals surface area contributed by atoms with Crippen molar-refractivity contribution >= 4 is 5.97 Å². The van der Waals surface area contributed by atoms with Gasteiger partial charge in [-0.15, -0.1) is 0 Å². The Bertz CT molecular complexity index is 890. The molecule has 2 heterocycles. The molecule has 0 aliphatic carbocycles. The van der Waals surface area contributed by atoms with Crippen molar-refractivity contribution in [1.29, 1.82) is 0 Å². The number of hydrogen-bond donors (Lipinski definition) is 2. The number of hydrogen-bond acceptors (Lipinski definition) is 3. The first-order chi connectivity index (χ1) is 11.5. The van der Waals surface area contributed by atoms with E-state index in [1.54, 1.807) is 6.92 Å². The van der Waals surface area contributed by atoms with Crippen LogP contribution in [0.25, 0.3) is 22.5 Å². The standard InChI is InChI=1S/C19H21N3O2/c1-5-24-19(23)16-13(4)21-22-18(16)17-15(8-9-20-17)14-7-6-11(2)10-12(14)3/h6-10,20H,5H2,1-4H3,(H,21,22). The molecule has 5 nitrogen and oxygen atoms in total. The fourth-order valence-electron chi connectivity index (χ4n) is 2.97. The smallest absolute Gasteiger partial charge is 0.342 e. The van der Waals surface area contributed by atoms with Gasteiger partial charge in [0.25, 0.3) is 0 Å². The van der Waals surface area contributed by atoms with E-state index < -0.39 is 0 Å². The molecule has 3 rings (SSSR count). The Kier molecular flexibility index (Phi) is 4.25. The van der Waals surface area contributed by atoms with Crippen molar-refractivity contribution in [2.45, 2.75) is 27.7 Å². The first kappa shape index (κ1) is 16.1. The summed E-state index contributed by atoms with van der Waals surface area (Å²) in [6, 6.07) is 8.34. The van der Waals surface area contributed by atoms with E-state index in [-0.39, 0.29) is 5.97 Å². The quantitative estimate of drug-likeness (QED) is 0.708. The number of H-pyrrole nitrogens is 2. The Morgan fingerprint density at radius 2 is 1.96 bits per heavy atom. The molecule has 0 saturated carbocycles. The number of nitrogens with one attached hydrogen (secondary N) is 2. The van der Waals surface area contributed by atoms with Crippen LogP contribution in [0.5, 0.6) is 0 Å². The molecule has 0 saturated heterocycles. The molecule has 2 N–H and O–H groups in total. The largest absolute Gasteiger partial charge is 0.462 e. The minimum atomic E-state index is -0.361. The molecule has 0 aliphatic rings. The van der Waals surface area contributed by atoms with Crippen molar-refractivity contribution in [3.05, 3.63) is 52.8 Å². The van der Waals surface area contributed by atoms with Crippen molar-refractivity contribution in [2.24, 2.45) is 0 Å². The lowest BCUT2D eigenvalue weighted by Crippen LogP contribution is -2.07. The first-order valence-electron chi connectivity index (χ1n) is 8.00. The van der Waals surface area contributed by atoms with Crippen LogP contribution >= 0.6 is 0 Å². The molecule has 0 amide bonds. The lowest BCUT2D eigenvalue weighted by molar-refractivity contribution is 0.0526. The van der Waals surface area contributed by atoms with Crippen molar-refractivity contribution in [3.8, 4) is 22.5 Å². The first-order valence-corrected chi connectivity index (χ1v) is 8.00. The number of nitrogens with zero attached hydrogens (tertiary/aromatic N) is 1. The highest BCUT2D eigenvalue weighted by Gasteiger charge is 2.23. The molecule has 0 aliphatic heterocycles. The van der Waals surface area contributed by atoms with E-state index in [1.807, 2.05) is 19.2 Å². The van der Waals surface area contributed by atoms with Crippen LogP contribution in [0.1, 0.15) is 34.1 Å². The number of ether oxygens (including phenoxy) is 1. The normalized spacial score (nSPS) is 10.8. The van der Waals surface area contributed by atoms with E-state index in [4.69, 9.17) is 4.74 Å². The molecule has 124 valence electrons. The highest BCUT2D eigenvalue weighted by atomic mass is 16.5. The zero-order valence-corrected chi connectivity index (χ0v) is 14.4. The van der Waals surface area contributed by atoms with Gasteiger partial charge in [-0.3, -0.25) is 5.10 Å². The van der Waals surface area contributed by atoms with Gasteiger partial charge in [-0.25, -0.2) is 4.79 Å². The lowest BCUT2D eigenvalue weighted by Gasteiger charge is -2.09. The van der Waals surface area contributed by atoms with Crippen LogP contribution in [0.2, 0.25) is 0 Å². The van der Waals surface area contributed by atoms with Gasteiger partial charge >= 0.3 is 5.97 Å². The molecular formula is C19H21N3O2. The van der Waals surface area contributed by atoms with Crippen molar-refractivity contribution < 1.29 is 9.53 Å². The average molecular weight is 323 g/mol. The third kappa shape index (κ3) is 2.73. The van der Waals surface area contributed by atoms with Gasteiger partial charge < -0.3 is 9.72 Å². The van der Waals surface area contributed by atoms with Gasteiger partial charge in [0, 0.05) is 17.5 Å². The molecule has 3 aromatic rings. The Labute approximate surface area is 141 Å². The fraction of sp³-hybridized carbons (Fsp3) is 0.263. The van der Waals surface area contributed by atoms with Crippen LogP contribution in [-0.4, -0.2) is 27.8 Å². The van der Waals surface area contributed by atoms with Gasteiger partial charge in [-0.05, 0) is 44.9 Å². The highest BCUT2D eigenvalue weighted by Crippen LogP contribution is 2.34. The number of carbonyl (C=O) groups is 1. The third-order valence-electron chi connectivity index (χ3n) is 4.08. The van der Waals surface area contributed by atoms with Crippen LogP contribution in [0.3, 0.4) is 0 Å². The Hall–Kier alpha value is -2.82. The molecule has 24 heavy (non-hydrogen) atoms. The maximum absolute atomic E-state index is 12.3. The molecular weight excluding hydrogens is 302 g/mol. The Morgan fingerprint density at radius 3 is 2.67 bits per heavy atom. The molecule has 0 fully saturated rings. The second kappa shape index (κ2) is 6.35. The monoisotopic (exact) mass is 323 g/mol. The minimum absolute atomic E-state index is 0.331. The third-order valence-corrected chi connectivity index (χ3v) is 4.08. The Balaban J connectivity index is 2.14. The van der Waals surface area contributed by atoms with E-state index in [0.717, 1.165) is 16.8 Å². The summed E-state index contributed by atoms with van der Waals surface area (Å²) < 4.78 is 5.18. The van der Waals surface area contributed by atoms with E-state index in [1.165, 1.54) is 11.1 Å². The summed E-state index contributed by atoms with van der Waals surface area (Å²) in [4.78, 5) is 15.5. The topological polar surface area (TPSA) is 70.8 Å². The molecule has 0 spiro atoms. The molecule has 1 aromatic carbocycles. The second-order valence-electron chi connectivity index (χ2n) is 5.88. The SMILES string of the molecule is CCOC(=O)c1c(-c2[nH]ccc2-c2ccc(C)cc2C)n[nH]c1C. The molecule has 0 radical (unpaired) electrons. The highest BCUT2D eigenvalue weighted by molar-refractivity contribution is 5.99. The summed E-state index contributed by atoms with van der Waals surface area (Å²) in [5, 5.41) is 7.23. The molecule has 0 atom stereocenters. The summed E-state index contributed by atoms with van der Waals surface area (Å²) >= 11 is 0. The molecule has 5 heteroatoms. The number of esters is 1. The summed E-state index contributed by atoms with van der Waals surface area (Å²) in [5.41, 5.74) is 7.11. The van der Waals surface area contributed by atoms with Crippen LogP contribution in [0.4, 0.5) is 0 Å². The molecule has 0 unspecified atom stereocenters. The fourth-order valence-corrected chi connectivity index (χ4v) is 2.97. The van der Waals surface area contributed by atoms with Crippen molar-refractivity contribution in [3.63, 3.8) is 0 Å². The maximum atomic E-state index is 12.3. The van der Waals surface area contributed by atoms with Crippen molar-refractivity contribution in [2.75, 3.05) is 6.61 Å². The van der Waals surface area contributed by atoms with Gasteiger partial charge in [-0.2, -0.15) is 5.10 Å². The lowest BCUT2D eigenvalue weighted by atomic mass is 9.97. The van der Waals surface area contributed by atoms with Gasteiger partial charge in [0.05, 0.1) is 12.3 Å². The number of carbonyl (C=O) groups excluding carboxylic acids is 1. The zero-order chi connectivity index (χ0) is 17.3. The number of benzene rings is 1. The molecule has 0 bridgehead atoms. The summed E-state index contributed by atoms with van der Waals surface area (Å²) in [6.45, 7) is 8.11. The van der Waals surface area contributed by atoms with Crippen LogP contribution in [0.15, 0.2) is 30.5 Å². The number of aromatic amines is 2. The van der Waals surface area contributed by atoms with Crippen LogP contribution in [0, 0.1) is 20.8 Å². The maximum Gasteiger partial charge on any atom is 0.342 e. The second-order valence-corrected chi connectivity index (χ2v) is 5.88. The summed E-state index contributed by atoms with van der Waals surface area (Å²) in [5.74, 6) is -0.361. The molecule has 2 aromatic heterocycles. The van der Waals surface area contributed by atoms with E-state index in [9.17, 15) is 4.79 Å². The Morgan fingerprint density at radius 1 is 1.17 bits per heavy atom. The number of aromatic nitrogens is 3. The van der Waals surface area contributed by atoms with Gasteiger partial charge in [0.1, 0.15) is 11.3 Å². The average Bonchev–Trinajstić information content (AvgIpc) is 3.13. The van der Waals surface area contributed by atoms with Gasteiger partial charge in [-0.1, -0.05) is 23.8 Å². The van der Waals surface area contributed by atoms with Crippen molar-refractivity contribution in [1.82, 2.24) is 15.2 Å². The van der Waals surface area contributed by atoms with Crippen LogP contribution in [-0.2, 0) is 4.74 Å². The predicted octanol–water partition coefficient (Wildman–Crippen LogP) is 4.17. The summed E-state index contributed by atoms with van der Waals surface area (Å²) in [6.07, 6.45) is 1.86. The number of aryl methyl sites for hydroxylation is 3. The zero-order valence-electron chi connectivity index (χ0n) is 14.4. The summed E-state index contributed by atoms with van der Waals surface area (Å²) in [7, 11) is 0. The van der Waals surface area contributed by atoms with E-state index in [2.05, 4.69) is 47.2 Å². The predicted molar refractivity (Wildman–Crippen MR) is 94.0 cm³/mol. The van der Waals surface area contributed by atoms with E-state index in [0.29, 0.717) is 23.6 Å². The van der Waals surface area contributed by atoms with Crippen LogP contribution < -0.4 is 0 Å². The van der Waals surface area contributed by atoms with Gasteiger partial charge in [0.15, 0.2) is 0 Å².